The summed E-state index contributed by atoms with van der Waals surface area (Å²) in [4.78, 5) is 11.9. The van der Waals surface area contributed by atoms with Gasteiger partial charge in [-0.25, -0.2) is 48.7 Å². The molecule has 1 saturated heterocycles. The van der Waals surface area contributed by atoms with E-state index in [2.05, 4.69) is 0 Å². The lowest BCUT2D eigenvalue weighted by atomic mass is 9.51. The summed E-state index contributed by atoms with van der Waals surface area (Å²) < 4.78 is 183. The van der Waals surface area contributed by atoms with Gasteiger partial charge >= 0.3 is 11.9 Å². The molecule has 1 spiro atoms. The minimum absolute atomic E-state index is 0.00196. The summed E-state index contributed by atoms with van der Waals surface area (Å²) in [6.07, 6.45) is -28.4. The fourth-order valence-corrected chi connectivity index (χ4v) is 6.88. The van der Waals surface area contributed by atoms with Crippen LogP contribution >= 0.6 is 0 Å². The second kappa shape index (κ2) is 11.2. The van der Waals surface area contributed by atoms with Crippen molar-refractivity contribution in [2.75, 3.05) is 19.9 Å². The van der Waals surface area contributed by atoms with E-state index in [1.54, 1.807) is 0 Å². The average Bonchev–Trinajstić information content (AvgIpc) is 2.92. The Kier molecular flexibility index (Phi) is 8.90. The monoisotopic (exact) mass is 622 g/mol. The predicted octanol–water partition coefficient (Wildman–Crippen LogP) is 5.89. The van der Waals surface area contributed by atoms with Gasteiger partial charge in [-0.1, -0.05) is 0 Å². The third-order valence-electron chi connectivity index (χ3n) is 8.80. The molecule has 4 nitrogen and oxygen atoms in total. The van der Waals surface area contributed by atoms with Crippen LogP contribution in [0.25, 0.3) is 0 Å². The molecule has 5 fully saturated rings. The van der Waals surface area contributed by atoms with Crippen LogP contribution in [0.3, 0.4) is 0 Å². The first-order valence-corrected chi connectivity index (χ1v) is 13.2. The molecule has 16 heteroatoms. The smallest absolute Gasteiger partial charge is 0.377 e. The van der Waals surface area contributed by atoms with Crippen LogP contribution in [-0.2, 0) is 19.0 Å². The number of carbonyl (C=O) groups excluding carboxylic acids is 1. The molecule has 0 radical (unpaired) electrons. The van der Waals surface area contributed by atoms with Crippen molar-refractivity contribution in [3.05, 3.63) is 0 Å². The zero-order valence-corrected chi connectivity index (χ0v) is 21.7. The van der Waals surface area contributed by atoms with Gasteiger partial charge in [-0.05, 0) is 38.0 Å². The lowest BCUT2D eigenvalue weighted by molar-refractivity contribution is -0.397. The van der Waals surface area contributed by atoms with Crippen LogP contribution in [0.5, 0.6) is 0 Å². The highest BCUT2D eigenvalue weighted by Crippen LogP contribution is 2.64. The maximum atomic E-state index is 15.4. The van der Waals surface area contributed by atoms with E-state index in [1.807, 2.05) is 0 Å². The Morgan fingerprint density at radius 2 is 1.29 bits per heavy atom. The number of carbonyl (C=O) groups is 1. The van der Waals surface area contributed by atoms with Crippen molar-refractivity contribution in [1.82, 2.24) is 0 Å². The van der Waals surface area contributed by atoms with Gasteiger partial charge in [-0.2, -0.15) is 8.78 Å². The number of alkyl halides is 12. The van der Waals surface area contributed by atoms with Crippen LogP contribution in [0.15, 0.2) is 0 Å². The second-order valence-electron chi connectivity index (χ2n) is 11.9. The lowest BCUT2D eigenvalue weighted by Crippen LogP contribution is -2.70. The topological polar surface area (TPSA) is 44.8 Å². The normalized spacial score (nSPS) is 40.9. The molecule has 4 aliphatic carbocycles. The highest BCUT2D eigenvalue weighted by atomic mass is 19.3. The fourth-order valence-electron chi connectivity index (χ4n) is 6.88. The standard InChI is InChI=1S/C25H30F12O4/c1-22(35,36)21(38)41-23-4-10-2-11(5-23)25(12(3-10)6-23)39-8-24(37,9-40-25)20(34)19(33)18(32)17(31)16(30)15(29)14(28)13(27)7-26/h10-20H,2-9H2,1H3. The number of ether oxygens (including phenoxy) is 3. The molecule has 0 aromatic carbocycles. The molecular weight excluding hydrogens is 592 g/mol. The van der Waals surface area contributed by atoms with E-state index in [1.165, 1.54) is 0 Å². The molecule has 4 saturated carbocycles. The van der Waals surface area contributed by atoms with E-state index in [0.29, 0.717) is 26.2 Å². The van der Waals surface area contributed by atoms with Crippen LogP contribution in [0, 0.1) is 17.8 Å². The molecule has 238 valence electrons. The van der Waals surface area contributed by atoms with Gasteiger partial charge in [-0.15, -0.1) is 0 Å². The summed E-state index contributed by atoms with van der Waals surface area (Å²) in [5.41, 5.74) is -4.69. The molecule has 10 unspecified atom stereocenters. The molecule has 10 atom stereocenters. The maximum absolute atomic E-state index is 15.4. The van der Waals surface area contributed by atoms with Crippen molar-refractivity contribution >= 4 is 5.97 Å². The summed E-state index contributed by atoms with van der Waals surface area (Å²) in [6.45, 7) is -4.21. The molecule has 1 heterocycles. The van der Waals surface area contributed by atoms with Crippen molar-refractivity contribution in [2.45, 2.75) is 111 Å². The third-order valence-corrected chi connectivity index (χ3v) is 8.80. The average molecular weight is 622 g/mol. The Morgan fingerprint density at radius 3 is 1.76 bits per heavy atom. The minimum Gasteiger partial charge on any atom is -0.455 e. The van der Waals surface area contributed by atoms with E-state index in [4.69, 9.17) is 14.2 Å². The SMILES string of the molecule is CC(F)(F)C(=O)OC12CC3CC(C1)C1(OCC(F)(C(F)C(F)C(F)C(F)C(F)C(F)C(F)C(F)CF)CO1)C(C3)C2. The molecule has 1 aliphatic heterocycles. The van der Waals surface area contributed by atoms with E-state index in [9.17, 15) is 53.1 Å². The van der Waals surface area contributed by atoms with Gasteiger partial charge in [0.25, 0.3) is 0 Å². The zero-order valence-electron chi connectivity index (χ0n) is 21.7. The van der Waals surface area contributed by atoms with Crippen LogP contribution in [-0.4, -0.2) is 98.2 Å². The van der Waals surface area contributed by atoms with Crippen LogP contribution < -0.4 is 0 Å². The van der Waals surface area contributed by atoms with Gasteiger partial charge in [-0.3, -0.25) is 0 Å². The number of hydrogen-bond acceptors (Lipinski definition) is 4. The lowest BCUT2D eigenvalue weighted by Gasteiger charge is -2.64. The Morgan fingerprint density at radius 1 is 0.829 bits per heavy atom. The molecule has 5 aliphatic rings. The third kappa shape index (κ3) is 5.76. The minimum atomic E-state index is -3.90. The van der Waals surface area contributed by atoms with E-state index < -0.39 is 110 Å². The molecule has 0 N–H and O–H groups in total. The maximum Gasteiger partial charge on any atom is 0.377 e. The number of halogens is 12. The number of hydrogen-bond donors (Lipinski definition) is 0. The highest BCUT2D eigenvalue weighted by molar-refractivity contribution is 5.77. The van der Waals surface area contributed by atoms with Gasteiger partial charge in [0.15, 0.2) is 60.8 Å². The highest BCUT2D eigenvalue weighted by Gasteiger charge is 2.69. The summed E-state index contributed by atoms with van der Waals surface area (Å²) >= 11 is 0. The molecule has 41 heavy (non-hydrogen) atoms. The van der Waals surface area contributed by atoms with Crippen molar-refractivity contribution in [3.8, 4) is 0 Å². The largest absolute Gasteiger partial charge is 0.455 e. The fraction of sp³-hybridized carbons (Fsp3) is 0.960. The first kappa shape index (κ1) is 32.5. The van der Waals surface area contributed by atoms with Crippen molar-refractivity contribution in [3.63, 3.8) is 0 Å². The Bertz CT molecular complexity index is 926. The van der Waals surface area contributed by atoms with Gasteiger partial charge in [0.05, 0.1) is 13.2 Å². The summed E-state index contributed by atoms with van der Waals surface area (Å²) in [6, 6.07) is 0. The first-order valence-electron chi connectivity index (χ1n) is 13.2. The molecule has 0 aromatic rings. The first-order chi connectivity index (χ1) is 18.9. The summed E-state index contributed by atoms with van der Waals surface area (Å²) in [5, 5.41) is 0. The Labute approximate surface area is 227 Å². The van der Waals surface area contributed by atoms with Gasteiger partial charge in [0, 0.05) is 18.8 Å². The van der Waals surface area contributed by atoms with E-state index >= 15 is 4.39 Å². The Hall–Kier alpha value is -1.45. The summed E-state index contributed by atoms with van der Waals surface area (Å²) in [7, 11) is 0. The Balaban J connectivity index is 1.40. The van der Waals surface area contributed by atoms with Gasteiger partial charge in [0.2, 0.25) is 0 Å². The number of rotatable bonds is 11. The molecule has 5 rings (SSSR count). The summed E-state index contributed by atoms with van der Waals surface area (Å²) in [5.74, 6) is -8.36. The van der Waals surface area contributed by atoms with Crippen LogP contribution in [0.1, 0.15) is 39.0 Å². The van der Waals surface area contributed by atoms with E-state index in [-0.39, 0.29) is 18.8 Å². The quantitative estimate of drug-likeness (QED) is 0.213. The van der Waals surface area contributed by atoms with E-state index in [0.717, 1.165) is 0 Å². The zero-order chi connectivity index (χ0) is 30.7. The number of esters is 1. The van der Waals surface area contributed by atoms with Gasteiger partial charge in [0.1, 0.15) is 12.3 Å². The molecular formula is C25H30F12O4. The van der Waals surface area contributed by atoms with Crippen molar-refractivity contribution < 1.29 is 71.7 Å². The second-order valence-corrected chi connectivity index (χ2v) is 11.9. The van der Waals surface area contributed by atoms with Crippen LogP contribution in [0.4, 0.5) is 52.7 Å². The predicted molar refractivity (Wildman–Crippen MR) is 117 cm³/mol. The van der Waals surface area contributed by atoms with Crippen LogP contribution in [0.2, 0.25) is 0 Å². The van der Waals surface area contributed by atoms with Gasteiger partial charge < -0.3 is 14.2 Å². The van der Waals surface area contributed by atoms with Crippen molar-refractivity contribution in [2.24, 2.45) is 17.8 Å². The molecule has 4 bridgehead atoms. The molecule has 0 amide bonds. The molecule has 0 aromatic heterocycles. The van der Waals surface area contributed by atoms with Crippen molar-refractivity contribution in [1.29, 1.82) is 0 Å².